The standard InChI is InChI=1S/C16H21N3O3/c1-11(20)18-19-16(22)13-7-9-14(10-8-13)17-15(21)12-5-3-2-4-6-12/h7-10,12H,2-6H2,1H3,(H,17,21)(H,18,20)(H,19,22). The molecule has 6 heteroatoms. The molecule has 22 heavy (non-hydrogen) atoms. The molecule has 2 rings (SSSR count). The number of rotatable bonds is 3. The molecular formula is C16H21N3O3. The van der Waals surface area contributed by atoms with Gasteiger partial charge in [-0.1, -0.05) is 19.3 Å². The summed E-state index contributed by atoms with van der Waals surface area (Å²) in [6, 6.07) is 6.58. The molecule has 1 aromatic rings. The molecule has 3 N–H and O–H groups in total. The van der Waals surface area contributed by atoms with E-state index >= 15 is 0 Å². The van der Waals surface area contributed by atoms with E-state index < -0.39 is 5.91 Å². The van der Waals surface area contributed by atoms with E-state index in [1.165, 1.54) is 13.3 Å². The van der Waals surface area contributed by atoms with Gasteiger partial charge in [0, 0.05) is 24.1 Å². The zero-order chi connectivity index (χ0) is 15.9. The SMILES string of the molecule is CC(=O)NNC(=O)c1ccc(NC(=O)C2CCCCC2)cc1. The van der Waals surface area contributed by atoms with Crippen molar-refractivity contribution in [3.8, 4) is 0 Å². The van der Waals surface area contributed by atoms with Gasteiger partial charge in [0.15, 0.2) is 0 Å². The van der Waals surface area contributed by atoms with Crippen LogP contribution in [0.4, 0.5) is 5.69 Å². The number of amides is 3. The molecule has 3 amide bonds. The van der Waals surface area contributed by atoms with E-state index in [1.807, 2.05) is 0 Å². The van der Waals surface area contributed by atoms with Crippen LogP contribution >= 0.6 is 0 Å². The van der Waals surface area contributed by atoms with E-state index in [9.17, 15) is 14.4 Å². The van der Waals surface area contributed by atoms with Crippen LogP contribution in [0, 0.1) is 5.92 Å². The van der Waals surface area contributed by atoms with E-state index in [0.29, 0.717) is 11.3 Å². The van der Waals surface area contributed by atoms with Gasteiger partial charge in [-0.3, -0.25) is 25.2 Å². The fourth-order valence-electron chi connectivity index (χ4n) is 2.53. The van der Waals surface area contributed by atoms with Crippen LogP contribution in [0.15, 0.2) is 24.3 Å². The van der Waals surface area contributed by atoms with Crippen molar-refractivity contribution in [1.82, 2.24) is 10.9 Å². The third kappa shape index (κ3) is 4.58. The maximum absolute atomic E-state index is 12.1. The Kier molecular flexibility index (Phi) is 5.52. The van der Waals surface area contributed by atoms with Gasteiger partial charge < -0.3 is 5.32 Å². The van der Waals surface area contributed by atoms with Gasteiger partial charge in [0.2, 0.25) is 11.8 Å². The molecule has 0 saturated heterocycles. The smallest absolute Gasteiger partial charge is 0.269 e. The lowest BCUT2D eigenvalue weighted by molar-refractivity contribution is -0.121. The van der Waals surface area contributed by atoms with Crippen LogP contribution in [0.5, 0.6) is 0 Å². The van der Waals surface area contributed by atoms with Crippen molar-refractivity contribution in [3.05, 3.63) is 29.8 Å². The van der Waals surface area contributed by atoms with E-state index in [-0.39, 0.29) is 17.7 Å². The van der Waals surface area contributed by atoms with Gasteiger partial charge in [-0.05, 0) is 37.1 Å². The molecular weight excluding hydrogens is 282 g/mol. The summed E-state index contributed by atoms with van der Waals surface area (Å²) in [5.74, 6) is -0.600. The topological polar surface area (TPSA) is 87.3 Å². The molecule has 1 aliphatic carbocycles. The van der Waals surface area contributed by atoms with Crippen LogP contribution in [-0.2, 0) is 9.59 Å². The maximum atomic E-state index is 12.1. The summed E-state index contributed by atoms with van der Waals surface area (Å²) in [7, 11) is 0. The lowest BCUT2D eigenvalue weighted by Gasteiger charge is -2.20. The first-order chi connectivity index (χ1) is 10.6. The molecule has 0 aromatic heterocycles. The summed E-state index contributed by atoms with van der Waals surface area (Å²) in [5, 5.41) is 2.89. The second-order valence-electron chi connectivity index (χ2n) is 5.54. The Hall–Kier alpha value is -2.37. The molecule has 1 fully saturated rings. The van der Waals surface area contributed by atoms with Crippen LogP contribution < -0.4 is 16.2 Å². The largest absolute Gasteiger partial charge is 0.326 e. The lowest BCUT2D eigenvalue weighted by atomic mass is 9.88. The minimum atomic E-state index is -0.402. The monoisotopic (exact) mass is 303 g/mol. The van der Waals surface area contributed by atoms with Gasteiger partial charge in [-0.2, -0.15) is 0 Å². The number of anilines is 1. The Balaban J connectivity index is 1.89. The van der Waals surface area contributed by atoms with Gasteiger partial charge in [-0.25, -0.2) is 0 Å². The van der Waals surface area contributed by atoms with Crippen molar-refractivity contribution in [2.45, 2.75) is 39.0 Å². The first kappa shape index (κ1) is 16.0. The molecule has 1 saturated carbocycles. The fraction of sp³-hybridized carbons (Fsp3) is 0.438. The summed E-state index contributed by atoms with van der Waals surface area (Å²) >= 11 is 0. The summed E-state index contributed by atoms with van der Waals surface area (Å²) in [4.78, 5) is 34.6. The Morgan fingerprint density at radius 3 is 2.18 bits per heavy atom. The maximum Gasteiger partial charge on any atom is 0.269 e. The van der Waals surface area contributed by atoms with Crippen molar-refractivity contribution in [1.29, 1.82) is 0 Å². The predicted molar refractivity (Wildman–Crippen MR) is 82.9 cm³/mol. The Labute approximate surface area is 129 Å². The van der Waals surface area contributed by atoms with Crippen molar-refractivity contribution in [2.75, 3.05) is 5.32 Å². The highest BCUT2D eigenvalue weighted by atomic mass is 16.2. The Morgan fingerprint density at radius 2 is 1.59 bits per heavy atom. The molecule has 6 nitrogen and oxygen atoms in total. The molecule has 118 valence electrons. The third-order valence-electron chi connectivity index (χ3n) is 3.74. The van der Waals surface area contributed by atoms with Gasteiger partial charge in [-0.15, -0.1) is 0 Å². The number of hydrogen-bond donors (Lipinski definition) is 3. The van der Waals surface area contributed by atoms with Crippen LogP contribution in [0.3, 0.4) is 0 Å². The number of carbonyl (C=O) groups is 3. The van der Waals surface area contributed by atoms with E-state index in [0.717, 1.165) is 25.7 Å². The molecule has 0 bridgehead atoms. The van der Waals surface area contributed by atoms with Crippen molar-refractivity contribution < 1.29 is 14.4 Å². The van der Waals surface area contributed by atoms with Gasteiger partial charge in [0.05, 0.1) is 0 Å². The average Bonchev–Trinajstić information content (AvgIpc) is 2.54. The normalized spacial score (nSPS) is 15.0. The third-order valence-corrected chi connectivity index (χ3v) is 3.74. The predicted octanol–water partition coefficient (Wildman–Crippen LogP) is 1.99. The van der Waals surface area contributed by atoms with E-state index in [2.05, 4.69) is 16.2 Å². The highest BCUT2D eigenvalue weighted by molar-refractivity contribution is 5.96. The fourth-order valence-corrected chi connectivity index (χ4v) is 2.53. The molecule has 0 unspecified atom stereocenters. The second kappa shape index (κ2) is 7.59. The Bertz CT molecular complexity index is 548. The van der Waals surface area contributed by atoms with Gasteiger partial charge in [0.25, 0.3) is 5.91 Å². The van der Waals surface area contributed by atoms with Crippen molar-refractivity contribution >= 4 is 23.4 Å². The number of benzene rings is 1. The zero-order valence-electron chi connectivity index (χ0n) is 12.6. The quantitative estimate of drug-likeness (QED) is 0.746. The first-order valence-electron chi connectivity index (χ1n) is 7.54. The molecule has 0 aliphatic heterocycles. The highest BCUT2D eigenvalue weighted by Crippen LogP contribution is 2.25. The van der Waals surface area contributed by atoms with Crippen molar-refractivity contribution in [3.63, 3.8) is 0 Å². The highest BCUT2D eigenvalue weighted by Gasteiger charge is 2.21. The van der Waals surface area contributed by atoms with Crippen molar-refractivity contribution in [2.24, 2.45) is 5.92 Å². The zero-order valence-corrected chi connectivity index (χ0v) is 12.6. The van der Waals surface area contributed by atoms with E-state index in [4.69, 9.17) is 0 Å². The number of carbonyl (C=O) groups excluding carboxylic acids is 3. The average molecular weight is 303 g/mol. The molecule has 1 aliphatic rings. The summed E-state index contributed by atoms with van der Waals surface area (Å²) in [5.41, 5.74) is 5.59. The molecule has 1 aromatic carbocycles. The van der Waals surface area contributed by atoms with Gasteiger partial charge in [0.1, 0.15) is 0 Å². The number of hydrogen-bond acceptors (Lipinski definition) is 3. The minimum Gasteiger partial charge on any atom is -0.326 e. The second-order valence-corrected chi connectivity index (χ2v) is 5.54. The number of hydrazine groups is 1. The molecule has 0 spiro atoms. The summed E-state index contributed by atoms with van der Waals surface area (Å²) in [6.45, 7) is 1.31. The van der Waals surface area contributed by atoms with E-state index in [1.54, 1.807) is 24.3 Å². The minimum absolute atomic E-state index is 0.0511. The van der Waals surface area contributed by atoms with Crippen LogP contribution in [-0.4, -0.2) is 17.7 Å². The van der Waals surface area contributed by atoms with Crippen LogP contribution in [0.25, 0.3) is 0 Å². The lowest BCUT2D eigenvalue weighted by Crippen LogP contribution is -2.40. The number of nitrogens with one attached hydrogen (secondary N) is 3. The first-order valence-corrected chi connectivity index (χ1v) is 7.54. The summed E-state index contributed by atoms with van der Waals surface area (Å²) < 4.78 is 0. The summed E-state index contributed by atoms with van der Waals surface area (Å²) in [6.07, 6.45) is 5.33. The molecule has 0 atom stereocenters. The van der Waals surface area contributed by atoms with Gasteiger partial charge >= 0.3 is 0 Å². The van der Waals surface area contributed by atoms with Crippen LogP contribution in [0.1, 0.15) is 49.4 Å². The molecule has 0 heterocycles. The Morgan fingerprint density at radius 1 is 0.955 bits per heavy atom. The molecule has 0 radical (unpaired) electrons. The van der Waals surface area contributed by atoms with Crippen LogP contribution in [0.2, 0.25) is 0 Å².